The number of hydrogen-bond donors (Lipinski definition) is 2. The number of halogens is 2. The van der Waals surface area contributed by atoms with Gasteiger partial charge in [0.25, 0.3) is 0 Å². The van der Waals surface area contributed by atoms with Gasteiger partial charge in [0.15, 0.2) is 5.96 Å². The van der Waals surface area contributed by atoms with Gasteiger partial charge in [-0.3, -0.25) is 0 Å². The van der Waals surface area contributed by atoms with Crippen molar-refractivity contribution in [1.82, 2.24) is 15.6 Å². The molecule has 5 nitrogen and oxygen atoms in total. The van der Waals surface area contributed by atoms with Gasteiger partial charge < -0.3 is 15.5 Å². The molecule has 0 saturated carbocycles. The van der Waals surface area contributed by atoms with Crippen LogP contribution < -0.4 is 15.5 Å². The van der Waals surface area contributed by atoms with E-state index in [9.17, 15) is 8.78 Å². The fourth-order valence-corrected chi connectivity index (χ4v) is 3.83. The highest BCUT2D eigenvalue weighted by atomic mass is 32.1. The highest BCUT2D eigenvalue weighted by Crippen LogP contribution is 2.24. The van der Waals surface area contributed by atoms with Gasteiger partial charge in [-0.15, -0.1) is 11.3 Å². The van der Waals surface area contributed by atoms with E-state index < -0.39 is 11.6 Å². The van der Waals surface area contributed by atoms with Gasteiger partial charge in [0.2, 0.25) is 0 Å². The summed E-state index contributed by atoms with van der Waals surface area (Å²) in [6.07, 6.45) is 1.79. The van der Waals surface area contributed by atoms with E-state index >= 15 is 0 Å². The highest BCUT2D eigenvalue weighted by Gasteiger charge is 2.25. The summed E-state index contributed by atoms with van der Waals surface area (Å²) in [5.41, 5.74) is 1.41. The van der Waals surface area contributed by atoms with E-state index in [4.69, 9.17) is 0 Å². The molecule has 0 bridgehead atoms. The number of hydrogen-bond acceptors (Lipinski definition) is 4. The zero-order valence-corrected chi connectivity index (χ0v) is 16.5. The van der Waals surface area contributed by atoms with Crippen molar-refractivity contribution < 1.29 is 8.78 Å². The number of aryl methyl sites for hydroxylation is 1. The number of aliphatic imine (C=N–C) groups is 1. The molecule has 2 aromatic rings. The summed E-state index contributed by atoms with van der Waals surface area (Å²) in [7, 11) is 0. The first-order chi connectivity index (χ1) is 13.1. The van der Waals surface area contributed by atoms with Crippen molar-refractivity contribution in [2.24, 2.45) is 4.99 Å². The maximum Gasteiger partial charge on any atom is 0.191 e. The van der Waals surface area contributed by atoms with Crippen LogP contribution in [-0.2, 0) is 13.0 Å². The Bertz CT molecular complexity index is 792. The fourth-order valence-electron chi connectivity index (χ4n) is 3.09. The Balaban J connectivity index is 1.60. The second kappa shape index (κ2) is 9.12. The summed E-state index contributed by atoms with van der Waals surface area (Å²) in [4.78, 5) is 11.1. The predicted molar refractivity (Wildman–Crippen MR) is 106 cm³/mol. The molecular formula is C19H25F2N5S. The quantitative estimate of drug-likeness (QED) is 0.584. The van der Waals surface area contributed by atoms with E-state index in [2.05, 4.69) is 27.5 Å². The number of nitrogens with one attached hydrogen (secondary N) is 2. The Hall–Kier alpha value is -2.22. The molecule has 0 aliphatic carbocycles. The minimum atomic E-state index is -0.556. The summed E-state index contributed by atoms with van der Waals surface area (Å²) in [5.74, 6) is -0.346. The maximum atomic E-state index is 14.0. The average molecular weight is 394 g/mol. The molecule has 0 amide bonds. The Morgan fingerprint density at radius 2 is 2.22 bits per heavy atom. The third-order valence-corrected chi connectivity index (χ3v) is 5.47. The van der Waals surface area contributed by atoms with Crippen molar-refractivity contribution >= 4 is 23.0 Å². The van der Waals surface area contributed by atoms with Crippen LogP contribution in [0.15, 0.2) is 28.6 Å². The molecule has 0 spiro atoms. The molecule has 1 aromatic carbocycles. The largest absolute Gasteiger partial charge is 0.367 e. The molecule has 1 aliphatic heterocycles. The third kappa shape index (κ3) is 5.15. The van der Waals surface area contributed by atoms with Gasteiger partial charge in [-0.05, 0) is 31.9 Å². The van der Waals surface area contributed by atoms with E-state index in [0.29, 0.717) is 25.3 Å². The number of thiazole rings is 1. The van der Waals surface area contributed by atoms with Gasteiger partial charge in [0.1, 0.15) is 11.6 Å². The summed E-state index contributed by atoms with van der Waals surface area (Å²) >= 11 is 1.66. The lowest BCUT2D eigenvalue weighted by molar-refractivity contribution is 0.580. The van der Waals surface area contributed by atoms with E-state index in [0.717, 1.165) is 42.1 Å². The van der Waals surface area contributed by atoms with Crippen LogP contribution in [0, 0.1) is 11.6 Å². The van der Waals surface area contributed by atoms with Crippen molar-refractivity contribution in [3.05, 3.63) is 45.9 Å². The van der Waals surface area contributed by atoms with E-state index in [1.165, 1.54) is 12.1 Å². The first kappa shape index (κ1) is 19.5. The molecule has 27 heavy (non-hydrogen) atoms. The molecule has 1 unspecified atom stereocenters. The molecule has 146 valence electrons. The van der Waals surface area contributed by atoms with Gasteiger partial charge in [-0.1, -0.05) is 6.92 Å². The Kier molecular flexibility index (Phi) is 6.60. The van der Waals surface area contributed by atoms with Gasteiger partial charge in [-0.25, -0.2) is 18.8 Å². The molecule has 1 fully saturated rings. The van der Waals surface area contributed by atoms with Crippen molar-refractivity contribution in [1.29, 1.82) is 0 Å². The first-order valence-electron chi connectivity index (χ1n) is 9.27. The third-order valence-electron chi connectivity index (χ3n) is 4.42. The first-order valence-corrected chi connectivity index (χ1v) is 10.1. The van der Waals surface area contributed by atoms with Crippen LogP contribution in [0.25, 0.3) is 0 Å². The Labute approximate surface area is 162 Å². The normalized spacial score (nSPS) is 17.4. The molecule has 3 rings (SSSR count). The number of aromatic nitrogens is 1. The lowest BCUT2D eigenvalue weighted by atomic mass is 10.2. The van der Waals surface area contributed by atoms with Gasteiger partial charge in [-0.2, -0.15) is 0 Å². The van der Waals surface area contributed by atoms with Crippen LogP contribution in [0.1, 0.15) is 31.0 Å². The van der Waals surface area contributed by atoms with Crippen LogP contribution in [0.4, 0.5) is 14.5 Å². The molecule has 0 radical (unpaired) electrons. The molecule has 1 saturated heterocycles. The van der Waals surface area contributed by atoms with E-state index in [1.807, 2.05) is 17.2 Å². The topological polar surface area (TPSA) is 52.6 Å². The number of benzene rings is 1. The highest BCUT2D eigenvalue weighted by molar-refractivity contribution is 7.09. The molecular weight excluding hydrogens is 368 g/mol. The monoisotopic (exact) mass is 393 g/mol. The Morgan fingerprint density at radius 3 is 2.93 bits per heavy atom. The van der Waals surface area contributed by atoms with Crippen molar-refractivity contribution in [2.45, 2.75) is 39.3 Å². The second-order valence-corrected chi connectivity index (χ2v) is 7.40. The molecule has 1 atom stereocenters. The number of anilines is 1. The van der Waals surface area contributed by atoms with Crippen LogP contribution in [-0.4, -0.2) is 36.6 Å². The van der Waals surface area contributed by atoms with Gasteiger partial charge in [0.05, 0.1) is 22.9 Å². The van der Waals surface area contributed by atoms with Crippen molar-refractivity contribution in [2.75, 3.05) is 24.5 Å². The molecule has 2 N–H and O–H groups in total. The van der Waals surface area contributed by atoms with Gasteiger partial charge in [0, 0.05) is 37.1 Å². The number of nitrogens with zero attached hydrogens (tertiary/aromatic N) is 3. The van der Waals surface area contributed by atoms with Gasteiger partial charge >= 0.3 is 0 Å². The minimum Gasteiger partial charge on any atom is -0.367 e. The van der Waals surface area contributed by atoms with Crippen LogP contribution in [0.2, 0.25) is 0 Å². The lowest BCUT2D eigenvalue weighted by Gasteiger charge is -2.21. The molecule has 1 aromatic heterocycles. The Morgan fingerprint density at radius 1 is 1.37 bits per heavy atom. The summed E-state index contributed by atoms with van der Waals surface area (Å²) in [5, 5.41) is 9.82. The van der Waals surface area contributed by atoms with Crippen LogP contribution >= 0.6 is 11.3 Å². The minimum absolute atomic E-state index is 0.147. The predicted octanol–water partition coefficient (Wildman–Crippen LogP) is 3.32. The summed E-state index contributed by atoms with van der Waals surface area (Å²) in [6.45, 7) is 6.74. The second-order valence-electron chi connectivity index (χ2n) is 6.45. The van der Waals surface area contributed by atoms with E-state index in [1.54, 1.807) is 11.3 Å². The molecule has 8 heteroatoms. The molecule has 2 heterocycles. The smallest absolute Gasteiger partial charge is 0.191 e. The van der Waals surface area contributed by atoms with Crippen LogP contribution in [0.3, 0.4) is 0 Å². The van der Waals surface area contributed by atoms with E-state index in [-0.39, 0.29) is 6.04 Å². The summed E-state index contributed by atoms with van der Waals surface area (Å²) in [6, 6.07) is 3.87. The maximum absolute atomic E-state index is 14.0. The molecule has 1 aliphatic rings. The SMILES string of the molecule is CCNC(=NCc1csc(CC)n1)NC1CCN(c2ccc(F)cc2F)C1. The average Bonchev–Trinajstić information content (AvgIpc) is 3.29. The number of rotatable bonds is 6. The standard InChI is InChI=1S/C19H25F2N5S/c1-3-18-24-15(12-27-18)10-23-19(22-4-2)25-14-7-8-26(11-14)17-6-5-13(20)9-16(17)21/h5-6,9,12,14H,3-4,7-8,10-11H2,1-2H3,(H2,22,23,25). The fraction of sp³-hybridized carbons (Fsp3) is 0.474. The number of guanidine groups is 1. The zero-order valence-electron chi connectivity index (χ0n) is 15.6. The van der Waals surface area contributed by atoms with Crippen LogP contribution in [0.5, 0.6) is 0 Å². The summed E-state index contributed by atoms with van der Waals surface area (Å²) < 4.78 is 27.1. The lowest BCUT2D eigenvalue weighted by Crippen LogP contribution is -2.44. The zero-order chi connectivity index (χ0) is 19.2. The van der Waals surface area contributed by atoms with Crippen molar-refractivity contribution in [3.8, 4) is 0 Å². The van der Waals surface area contributed by atoms with Crippen molar-refractivity contribution in [3.63, 3.8) is 0 Å².